The van der Waals surface area contributed by atoms with E-state index >= 15 is 0 Å². The highest BCUT2D eigenvalue weighted by Gasteiger charge is 2.20. The van der Waals surface area contributed by atoms with E-state index in [1.54, 1.807) is 14.0 Å². The van der Waals surface area contributed by atoms with Crippen molar-refractivity contribution in [3.05, 3.63) is 45.4 Å². The molecule has 0 aliphatic rings. The van der Waals surface area contributed by atoms with Crippen molar-refractivity contribution in [3.63, 3.8) is 0 Å². The Kier molecular flexibility index (Phi) is 10.7. The molecule has 0 saturated heterocycles. The van der Waals surface area contributed by atoms with Gasteiger partial charge in [-0.05, 0) is 47.6 Å². The van der Waals surface area contributed by atoms with Crippen molar-refractivity contribution in [2.24, 2.45) is 4.99 Å². The minimum absolute atomic E-state index is 0. The zero-order chi connectivity index (χ0) is 22.3. The fourth-order valence-electron chi connectivity index (χ4n) is 2.71. The van der Waals surface area contributed by atoms with Gasteiger partial charge in [0, 0.05) is 19.2 Å². The van der Waals surface area contributed by atoms with E-state index in [1.807, 2.05) is 58.9 Å². The summed E-state index contributed by atoms with van der Waals surface area (Å²) in [6, 6.07) is 7.83. The number of ether oxygens (including phenoxy) is 2. The van der Waals surface area contributed by atoms with E-state index in [0.717, 1.165) is 16.3 Å². The van der Waals surface area contributed by atoms with Crippen molar-refractivity contribution in [1.82, 2.24) is 15.6 Å². The number of benzene rings is 1. The molecule has 1 atom stereocenters. The number of nitrogens with one attached hydrogen (secondary N) is 2. The Balaban J connectivity index is 0.00000480. The molecule has 0 aliphatic carbocycles. The van der Waals surface area contributed by atoms with E-state index in [1.165, 1.54) is 11.3 Å². The smallest absolute Gasteiger partial charge is 0.350 e. The molecule has 1 aromatic carbocycles. The van der Waals surface area contributed by atoms with E-state index < -0.39 is 0 Å². The number of aliphatic imine (C=N–C) groups is 1. The summed E-state index contributed by atoms with van der Waals surface area (Å²) in [5.74, 6) is 1.15. The minimum Gasteiger partial charge on any atom is -0.488 e. The SMILES string of the molecule is CCOC(=O)c1sc(C(C)NC(=NC)NCc2ccccc2OC(C)(C)C)nc1C.I. The van der Waals surface area contributed by atoms with Crippen LogP contribution in [0.5, 0.6) is 5.75 Å². The second-order valence-corrected chi connectivity index (χ2v) is 8.83. The van der Waals surface area contributed by atoms with E-state index in [-0.39, 0.29) is 41.6 Å². The Hall–Kier alpha value is -1.88. The first-order valence-corrected chi connectivity index (χ1v) is 10.8. The number of hydrogen-bond acceptors (Lipinski definition) is 6. The predicted molar refractivity (Wildman–Crippen MR) is 137 cm³/mol. The molecule has 0 amide bonds. The highest BCUT2D eigenvalue weighted by atomic mass is 127. The zero-order valence-corrected chi connectivity index (χ0v) is 22.4. The number of thiazole rings is 1. The fourth-order valence-corrected chi connectivity index (χ4v) is 3.67. The number of rotatable bonds is 7. The molecule has 2 N–H and O–H groups in total. The van der Waals surface area contributed by atoms with Gasteiger partial charge in [-0.15, -0.1) is 35.3 Å². The van der Waals surface area contributed by atoms with Crippen LogP contribution in [0.25, 0.3) is 0 Å². The van der Waals surface area contributed by atoms with Crippen LogP contribution >= 0.6 is 35.3 Å². The minimum atomic E-state index is -0.330. The van der Waals surface area contributed by atoms with Crippen LogP contribution in [-0.4, -0.2) is 36.2 Å². The van der Waals surface area contributed by atoms with Crippen LogP contribution < -0.4 is 15.4 Å². The molecule has 0 bridgehead atoms. The van der Waals surface area contributed by atoms with Crippen molar-refractivity contribution in [3.8, 4) is 5.75 Å². The number of para-hydroxylation sites is 1. The maximum atomic E-state index is 12.0. The third-order valence-corrected chi connectivity index (χ3v) is 5.38. The average Bonchev–Trinajstić information content (AvgIpc) is 3.07. The molecule has 1 unspecified atom stereocenters. The first-order chi connectivity index (χ1) is 14.1. The van der Waals surface area contributed by atoms with Crippen molar-refractivity contribution < 1.29 is 14.3 Å². The molecule has 0 saturated carbocycles. The lowest BCUT2D eigenvalue weighted by Crippen LogP contribution is -2.38. The fraction of sp³-hybridized carbons (Fsp3) is 0.500. The molecule has 1 heterocycles. The Bertz CT molecular complexity index is 893. The largest absolute Gasteiger partial charge is 0.488 e. The van der Waals surface area contributed by atoms with Crippen molar-refractivity contribution >= 4 is 47.2 Å². The van der Waals surface area contributed by atoms with Crippen LogP contribution in [0.15, 0.2) is 29.3 Å². The van der Waals surface area contributed by atoms with Crippen LogP contribution in [-0.2, 0) is 11.3 Å². The van der Waals surface area contributed by atoms with Gasteiger partial charge in [-0.2, -0.15) is 0 Å². The van der Waals surface area contributed by atoms with E-state index in [4.69, 9.17) is 9.47 Å². The van der Waals surface area contributed by atoms with Gasteiger partial charge in [-0.1, -0.05) is 18.2 Å². The molecule has 2 rings (SSSR count). The lowest BCUT2D eigenvalue weighted by molar-refractivity contribution is 0.0531. The molecule has 0 fully saturated rings. The number of nitrogens with zero attached hydrogens (tertiary/aromatic N) is 2. The Morgan fingerprint density at radius 3 is 2.58 bits per heavy atom. The monoisotopic (exact) mass is 560 g/mol. The number of carbonyl (C=O) groups is 1. The molecule has 7 nitrogen and oxygen atoms in total. The Morgan fingerprint density at radius 1 is 1.29 bits per heavy atom. The molecule has 0 spiro atoms. The number of hydrogen-bond donors (Lipinski definition) is 2. The molecule has 1 aromatic heterocycles. The second kappa shape index (κ2) is 12.2. The molecule has 9 heteroatoms. The van der Waals surface area contributed by atoms with Gasteiger partial charge >= 0.3 is 5.97 Å². The first kappa shape index (κ1) is 27.2. The summed E-state index contributed by atoms with van der Waals surface area (Å²) in [5, 5.41) is 7.45. The summed E-state index contributed by atoms with van der Waals surface area (Å²) in [6.45, 7) is 12.6. The van der Waals surface area contributed by atoms with Crippen LogP contribution in [0.4, 0.5) is 0 Å². The average molecular weight is 561 g/mol. The summed E-state index contributed by atoms with van der Waals surface area (Å²) in [5.41, 5.74) is 1.44. The van der Waals surface area contributed by atoms with Crippen LogP contribution in [0, 0.1) is 6.92 Å². The standard InChI is InChI=1S/C22H32N4O3S.HI/c1-8-28-20(27)18-14(2)25-19(30-18)15(3)26-21(23-7)24-13-16-11-9-10-12-17(16)29-22(4,5)6;/h9-12,15H,8,13H2,1-7H3,(H2,23,24,26);1H. The Labute approximate surface area is 206 Å². The maximum Gasteiger partial charge on any atom is 0.350 e. The number of aromatic nitrogens is 1. The summed E-state index contributed by atoms with van der Waals surface area (Å²) in [7, 11) is 1.72. The van der Waals surface area contributed by atoms with Gasteiger partial charge in [0.15, 0.2) is 5.96 Å². The van der Waals surface area contributed by atoms with Crippen molar-refractivity contribution in [2.75, 3.05) is 13.7 Å². The van der Waals surface area contributed by atoms with E-state index in [0.29, 0.717) is 29.7 Å². The van der Waals surface area contributed by atoms with Gasteiger partial charge in [0.2, 0.25) is 0 Å². The molecular formula is C22H33IN4O3S. The lowest BCUT2D eigenvalue weighted by Gasteiger charge is -2.24. The second-order valence-electron chi connectivity index (χ2n) is 7.80. The van der Waals surface area contributed by atoms with Gasteiger partial charge in [-0.25, -0.2) is 9.78 Å². The molecular weight excluding hydrogens is 527 g/mol. The van der Waals surface area contributed by atoms with Gasteiger partial charge in [0.1, 0.15) is 21.2 Å². The third kappa shape index (κ3) is 8.29. The summed E-state index contributed by atoms with van der Waals surface area (Å²) in [4.78, 5) is 21.4. The number of esters is 1. The number of guanidine groups is 1. The molecule has 31 heavy (non-hydrogen) atoms. The van der Waals surface area contributed by atoms with Crippen molar-refractivity contribution in [2.45, 2.75) is 59.7 Å². The zero-order valence-electron chi connectivity index (χ0n) is 19.2. The summed E-state index contributed by atoms with van der Waals surface area (Å²) >= 11 is 1.34. The van der Waals surface area contributed by atoms with Crippen molar-refractivity contribution in [1.29, 1.82) is 0 Å². The topological polar surface area (TPSA) is 84.8 Å². The van der Waals surface area contributed by atoms with Crippen LogP contribution in [0.2, 0.25) is 0 Å². The number of halogens is 1. The first-order valence-electron chi connectivity index (χ1n) is 10.0. The van der Waals surface area contributed by atoms with Gasteiger partial charge in [0.05, 0.1) is 18.3 Å². The lowest BCUT2D eigenvalue weighted by atomic mass is 10.1. The van der Waals surface area contributed by atoms with Crippen LogP contribution in [0.3, 0.4) is 0 Å². The molecule has 0 radical (unpaired) electrons. The summed E-state index contributed by atoms with van der Waals surface area (Å²) < 4.78 is 11.2. The Morgan fingerprint density at radius 2 is 1.97 bits per heavy atom. The van der Waals surface area contributed by atoms with Gasteiger partial charge in [-0.3, -0.25) is 4.99 Å². The van der Waals surface area contributed by atoms with Crippen LogP contribution in [0.1, 0.15) is 66.6 Å². The normalized spacial score (nSPS) is 12.5. The molecule has 172 valence electrons. The quantitative estimate of drug-likeness (QED) is 0.218. The number of aryl methyl sites for hydroxylation is 1. The highest BCUT2D eigenvalue weighted by molar-refractivity contribution is 14.0. The van der Waals surface area contributed by atoms with Gasteiger partial charge < -0.3 is 20.1 Å². The van der Waals surface area contributed by atoms with E-state index in [2.05, 4.69) is 20.6 Å². The highest BCUT2D eigenvalue weighted by Crippen LogP contribution is 2.25. The van der Waals surface area contributed by atoms with Gasteiger partial charge in [0.25, 0.3) is 0 Å². The predicted octanol–water partition coefficient (Wildman–Crippen LogP) is 4.85. The number of carbonyl (C=O) groups excluding carboxylic acids is 1. The maximum absolute atomic E-state index is 12.0. The molecule has 0 aliphatic heterocycles. The summed E-state index contributed by atoms with van der Waals surface area (Å²) in [6.07, 6.45) is 0. The molecule has 2 aromatic rings. The van der Waals surface area contributed by atoms with E-state index in [9.17, 15) is 4.79 Å². The third-order valence-electron chi connectivity index (χ3n) is 4.06.